The number of hydrogen-bond acceptors (Lipinski definition) is 2. The molecule has 0 atom stereocenters. The maximum atomic E-state index is 5.15. The van der Waals surface area contributed by atoms with Crippen LogP contribution in [0.3, 0.4) is 0 Å². The van der Waals surface area contributed by atoms with E-state index < -0.39 is 0 Å². The third kappa shape index (κ3) is 44.5. The number of nitrogens with two attached hydrogens (primary N) is 1. The van der Waals surface area contributed by atoms with Gasteiger partial charge >= 0.3 is 0 Å². The zero-order valence-electron chi connectivity index (χ0n) is 8.20. The summed E-state index contributed by atoms with van der Waals surface area (Å²) in [6, 6.07) is 0. The highest BCUT2D eigenvalue weighted by Gasteiger charge is 1.71. The zero-order chi connectivity index (χ0) is 8.83. The summed E-state index contributed by atoms with van der Waals surface area (Å²) in [5, 5.41) is 3.07. The lowest BCUT2D eigenvalue weighted by atomic mass is 10.6. The summed E-state index contributed by atoms with van der Waals surface area (Å²) in [5.74, 6) is 0. The highest BCUT2D eigenvalue weighted by Crippen LogP contribution is 1.48. The molecule has 0 aliphatic heterocycles. The molecule has 0 rings (SSSR count). The van der Waals surface area contributed by atoms with Crippen LogP contribution in [0.25, 0.3) is 0 Å². The Hall–Kier alpha value is -0.0800. The standard InChI is InChI=1S/C4H12N2.2C2H6/c1-2-6-4-3-5;2*1-2/h6H,2-5H2,1H3;2*1-2H3. The van der Waals surface area contributed by atoms with Crippen LogP contribution in [0.5, 0.6) is 0 Å². The Labute approximate surface area is 66.2 Å². The van der Waals surface area contributed by atoms with Gasteiger partial charge in [0.05, 0.1) is 0 Å². The third-order valence-electron chi connectivity index (χ3n) is 0.571. The summed E-state index contributed by atoms with van der Waals surface area (Å²) in [4.78, 5) is 0. The normalized spacial score (nSPS) is 6.60. The fourth-order valence-corrected chi connectivity index (χ4v) is 0.279. The van der Waals surface area contributed by atoms with Gasteiger partial charge in [0, 0.05) is 13.1 Å². The van der Waals surface area contributed by atoms with Crippen LogP contribution in [0.1, 0.15) is 34.6 Å². The molecule has 0 unspecified atom stereocenters. The molecule has 0 saturated carbocycles. The molecule has 0 aliphatic carbocycles. The Morgan fingerprint density at radius 3 is 1.60 bits per heavy atom. The van der Waals surface area contributed by atoms with Crippen LogP contribution in [0, 0.1) is 0 Å². The summed E-state index contributed by atoms with van der Waals surface area (Å²) >= 11 is 0. The molecule has 0 bridgehead atoms. The fourth-order valence-electron chi connectivity index (χ4n) is 0.279. The Bertz CT molecular complexity index is 19.2. The van der Waals surface area contributed by atoms with E-state index in [9.17, 15) is 0 Å². The van der Waals surface area contributed by atoms with Crippen molar-refractivity contribution < 1.29 is 0 Å². The molecule has 2 nitrogen and oxygen atoms in total. The van der Waals surface area contributed by atoms with Gasteiger partial charge < -0.3 is 11.1 Å². The van der Waals surface area contributed by atoms with Gasteiger partial charge in [-0.1, -0.05) is 34.6 Å². The fraction of sp³-hybridized carbons (Fsp3) is 1.00. The molecule has 0 spiro atoms. The van der Waals surface area contributed by atoms with E-state index in [4.69, 9.17) is 5.73 Å². The monoisotopic (exact) mass is 148 g/mol. The van der Waals surface area contributed by atoms with Crippen LogP contribution in [0.15, 0.2) is 0 Å². The highest BCUT2D eigenvalue weighted by atomic mass is 14.9. The van der Waals surface area contributed by atoms with Crippen molar-refractivity contribution in [1.82, 2.24) is 5.32 Å². The Kier molecular flexibility index (Phi) is 60.0. The van der Waals surface area contributed by atoms with Crippen LogP contribution in [-0.2, 0) is 0 Å². The second kappa shape index (κ2) is 36.4. The van der Waals surface area contributed by atoms with Crippen molar-refractivity contribution in [3.63, 3.8) is 0 Å². The summed E-state index contributed by atoms with van der Waals surface area (Å²) < 4.78 is 0. The maximum Gasteiger partial charge on any atom is 0.00743 e. The van der Waals surface area contributed by atoms with Crippen LogP contribution >= 0.6 is 0 Å². The second-order valence-electron chi connectivity index (χ2n) is 1.14. The van der Waals surface area contributed by atoms with E-state index in [1.165, 1.54) is 0 Å². The van der Waals surface area contributed by atoms with Gasteiger partial charge in [0.25, 0.3) is 0 Å². The Morgan fingerprint density at radius 2 is 1.50 bits per heavy atom. The first-order valence-corrected chi connectivity index (χ1v) is 4.32. The minimum absolute atomic E-state index is 0.744. The SMILES string of the molecule is CC.CC.CCNCCN. The molecule has 0 aromatic heterocycles. The third-order valence-corrected chi connectivity index (χ3v) is 0.571. The van der Waals surface area contributed by atoms with Gasteiger partial charge in [-0.3, -0.25) is 0 Å². The predicted molar refractivity (Wildman–Crippen MR) is 50.3 cm³/mol. The highest BCUT2D eigenvalue weighted by molar-refractivity contribution is 4.39. The Morgan fingerprint density at radius 1 is 1.10 bits per heavy atom. The molecule has 0 saturated heterocycles. The molecule has 0 aromatic rings. The van der Waals surface area contributed by atoms with Crippen molar-refractivity contribution in [2.45, 2.75) is 34.6 Å². The van der Waals surface area contributed by atoms with Crippen LogP contribution in [0.2, 0.25) is 0 Å². The zero-order valence-corrected chi connectivity index (χ0v) is 8.20. The molecule has 0 aliphatic rings. The van der Waals surface area contributed by atoms with Crippen LogP contribution in [0.4, 0.5) is 0 Å². The quantitative estimate of drug-likeness (QED) is 0.597. The number of nitrogens with one attached hydrogen (secondary N) is 1. The topological polar surface area (TPSA) is 38.0 Å². The first-order valence-electron chi connectivity index (χ1n) is 4.32. The van der Waals surface area contributed by atoms with Crippen molar-refractivity contribution in [1.29, 1.82) is 0 Å². The lowest BCUT2D eigenvalue weighted by Crippen LogP contribution is -2.21. The van der Waals surface area contributed by atoms with Gasteiger partial charge in [-0.05, 0) is 6.54 Å². The van der Waals surface area contributed by atoms with E-state index in [1.54, 1.807) is 0 Å². The van der Waals surface area contributed by atoms with Crippen LogP contribution < -0.4 is 11.1 Å². The summed E-state index contributed by atoms with van der Waals surface area (Å²) in [6.07, 6.45) is 0. The van der Waals surface area contributed by atoms with Crippen molar-refractivity contribution in [3.05, 3.63) is 0 Å². The van der Waals surface area contributed by atoms with E-state index in [0.717, 1.165) is 19.6 Å². The van der Waals surface area contributed by atoms with Gasteiger partial charge in [-0.2, -0.15) is 0 Å². The van der Waals surface area contributed by atoms with Crippen molar-refractivity contribution in [2.75, 3.05) is 19.6 Å². The molecule has 0 aromatic carbocycles. The molecule has 2 heteroatoms. The smallest absolute Gasteiger partial charge is 0.00743 e. The van der Waals surface area contributed by atoms with Gasteiger partial charge in [0.15, 0.2) is 0 Å². The molecular weight excluding hydrogens is 124 g/mol. The molecule has 10 heavy (non-hydrogen) atoms. The van der Waals surface area contributed by atoms with E-state index in [1.807, 2.05) is 27.7 Å². The first-order chi connectivity index (χ1) is 4.91. The van der Waals surface area contributed by atoms with E-state index >= 15 is 0 Å². The first kappa shape index (κ1) is 16.5. The van der Waals surface area contributed by atoms with Crippen molar-refractivity contribution >= 4 is 0 Å². The second-order valence-corrected chi connectivity index (χ2v) is 1.14. The van der Waals surface area contributed by atoms with Crippen molar-refractivity contribution in [2.24, 2.45) is 5.73 Å². The van der Waals surface area contributed by atoms with Gasteiger partial charge in [0.2, 0.25) is 0 Å². The minimum Gasteiger partial charge on any atom is -0.329 e. The summed E-state index contributed by atoms with van der Waals surface area (Å²) in [6.45, 7) is 12.8. The molecule has 0 heterocycles. The Balaban J connectivity index is -0.000000105. The van der Waals surface area contributed by atoms with Gasteiger partial charge in [-0.25, -0.2) is 0 Å². The van der Waals surface area contributed by atoms with Crippen LogP contribution in [-0.4, -0.2) is 19.6 Å². The number of likely N-dealkylation sites (N-methyl/N-ethyl adjacent to an activating group) is 1. The lowest BCUT2D eigenvalue weighted by molar-refractivity contribution is 0.725. The van der Waals surface area contributed by atoms with E-state index in [-0.39, 0.29) is 0 Å². The maximum absolute atomic E-state index is 5.15. The van der Waals surface area contributed by atoms with Gasteiger partial charge in [0.1, 0.15) is 0 Å². The largest absolute Gasteiger partial charge is 0.329 e. The predicted octanol–water partition coefficient (Wildman–Crippen LogP) is 1.61. The average Bonchev–Trinajstić information content (AvgIpc) is 2.08. The summed E-state index contributed by atoms with van der Waals surface area (Å²) in [5.41, 5.74) is 5.15. The lowest BCUT2D eigenvalue weighted by Gasteiger charge is -1.92. The van der Waals surface area contributed by atoms with Gasteiger partial charge in [-0.15, -0.1) is 0 Å². The molecule has 0 radical (unpaired) electrons. The molecule has 3 N–H and O–H groups in total. The number of rotatable bonds is 3. The number of hydrogen-bond donors (Lipinski definition) is 2. The molecular formula is C8H24N2. The summed E-state index contributed by atoms with van der Waals surface area (Å²) in [7, 11) is 0. The van der Waals surface area contributed by atoms with Crippen molar-refractivity contribution in [3.8, 4) is 0 Å². The molecule has 0 fully saturated rings. The van der Waals surface area contributed by atoms with E-state index in [0.29, 0.717) is 0 Å². The molecule has 0 amide bonds. The molecule has 66 valence electrons. The van der Waals surface area contributed by atoms with E-state index in [2.05, 4.69) is 12.2 Å². The average molecular weight is 148 g/mol. The minimum atomic E-state index is 0.744.